The molecule has 1 aliphatic rings. The van der Waals surface area contributed by atoms with Gasteiger partial charge in [-0.2, -0.15) is 0 Å². The normalized spacial score (nSPS) is 21.7. The second-order valence-corrected chi connectivity index (χ2v) is 4.09. The lowest BCUT2D eigenvalue weighted by Gasteiger charge is -2.13. The van der Waals surface area contributed by atoms with Crippen molar-refractivity contribution >= 4 is 24.2 Å². The van der Waals surface area contributed by atoms with Gasteiger partial charge in [0.25, 0.3) is 5.91 Å². The van der Waals surface area contributed by atoms with Crippen LogP contribution in [0.4, 0.5) is 5.88 Å². The van der Waals surface area contributed by atoms with Gasteiger partial charge in [-0.1, -0.05) is 0 Å². The van der Waals surface area contributed by atoms with E-state index in [1.807, 2.05) is 0 Å². The smallest absolute Gasteiger partial charge is 0.395 e. The number of aliphatic hydroxyl groups excluding tert-OH is 1. The topological polar surface area (TPSA) is 118 Å². The van der Waals surface area contributed by atoms with Crippen molar-refractivity contribution in [2.45, 2.75) is 6.10 Å². The van der Waals surface area contributed by atoms with E-state index in [0.717, 1.165) is 6.07 Å². The van der Waals surface area contributed by atoms with Crippen LogP contribution in [0.15, 0.2) is 16.5 Å². The lowest BCUT2D eigenvalue weighted by atomic mass is 10.1. The number of halogens is 1. The molecule has 9 heteroatoms. The molecule has 0 aliphatic carbocycles. The third kappa shape index (κ3) is 3.66. The second-order valence-electron chi connectivity index (χ2n) is 4.09. The summed E-state index contributed by atoms with van der Waals surface area (Å²) in [6.45, 7) is 1.42. The van der Waals surface area contributed by atoms with Crippen LogP contribution in [0.5, 0.6) is 0 Å². The lowest BCUT2D eigenvalue weighted by Crippen LogP contribution is -2.34. The summed E-state index contributed by atoms with van der Waals surface area (Å²) in [6, 6.07) is 2.37. The molecule has 1 aliphatic heterocycles. The van der Waals surface area contributed by atoms with Crippen LogP contribution in [0.3, 0.4) is 0 Å². The summed E-state index contributed by atoms with van der Waals surface area (Å²) < 4.78 is 4.76. The van der Waals surface area contributed by atoms with E-state index in [0.29, 0.717) is 19.6 Å². The molecular weight excluding hydrogens is 278 g/mol. The van der Waals surface area contributed by atoms with E-state index >= 15 is 0 Å². The fourth-order valence-corrected chi connectivity index (χ4v) is 1.79. The molecular formula is C10H14ClN3O5. The summed E-state index contributed by atoms with van der Waals surface area (Å²) in [4.78, 5) is 21.3. The van der Waals surface area contributed by atoms with Gasteiger partial charge in [0, 0.05) is 25.6 Å². The summed E-state index contributed by atoms with van der Waals surface area (Å²) in [5.74, 6) is -1.16. The molecule has 0 radical (unpaired) electrons. The minimum Gasteiger partial charge on any atom is -0.395 e. The number of rotatable bonds is 4. The van der Waals surface area contributed by atoms with Crippen LogP contribution in [0.25, 0.3) is 0 Å². The molecule has 1 aromatic heterocycles. The van der Waals surface area contributed by atoms with E-state index in [1.165, 1.54) is 6.07 Å². The van der Waals surface area contributed by atoms with Crippen molar-refractivity contribution in [3.8, 4) is 0 Å². The largest absolute Gasteiger partial charge is 0.433 e. The highest BCUT2D eigenvalue weighted by Gasteiger charge is 2.26. The standard InChI is InChI=1S/C10H13N3O5.ClH/c14-7-5-11-3-6(7)4-12-10(15)8-1-2-9(18-8)13(16)17;/h1-2,6-7,11,14H,3-5H2,(H,12,15);1H. The molecule has 1 amide bonds. The van der Waals surface area contributed by atoms with Gasteiger partial charge in [-0.25, -0.2) is 0 Å². The van der Waals surface area contributed by atoms with E-state index in [9.17, 15) is 20.0 Å². The van der Waals surface area contributed by atoms with E-state index in [1.54, 1.807) is 0 Å². The van der Waals surface area contributed by atoms with Crippen LogP contribution in [-0.2, 0) is 0 Å². The van der Waals surface area contributed by atoms with Gasteiger partial charge in [-0.15, -0.1) is 12.4 Å². The molecule has 2 heterocycles. The maximum Gasteiger partial charge on any atom is 0.433 e. The summed E-state index contributed by atoms with van der Waals surface area (Å²) in [5.41, 5.74) is 0. The first-order chi connectivity index (χ1) is 8.58. The Kier molecular flexibility index (Phi) is 5.28. The third-order valence-electron chi connectivity index (χ3n) is 2.82. The number of nitrogens with zero attached hydrogens (tertiary/aromatic N) is 1. The van der Waals surface area contributed by atoms with Crippen LogP contribution in [0, 0.1) is 16.0 Å². The van der Waals surface area contributed by atoms with Gasteiger partial charge in [0.15, 0.2) is 5.76 Å². The van der Waals surface area contributed by atoms with Gasteiger partial charge < -0.3 is 20.2 Å². The monoisotopic (exact) mass is 291 g/mol. The highest BCUT2D eigenvalue weighted by atomic mass is 35.5. The Labute approximate surface area is 114 Å². The number of hydrogen-bond acceptors (Lipinski definition) is 6. The highest BCUT2D eigenvalue weighted by molar-refractivity contribution is 5.91. The Hall–Kier alpha value is -1.64. The number of carbonyl (C=O) groups is 1. The van der Waals surface area contributed by atoms with E-state index in [-0.39, 0.29) is 24.1 Å². The molecule has 106 valence electrons. The van der Waals surface area contributed by atoms with Gasteiger partial charge >= 0.3 is 5.88 Å². The molecule has 0 bridgehead atoms. The number of carbonyl (C=O) groups excluding carboxylic acids is 1. The molecule has 1 aromatic rings. The van der Waals surface area contributed by atoms with Crippen molar-refractivity contribution in [3.05, 3.63) is 28.0 Å². The zero-order chi connectivity index (χ0) is 13.1. The van der Waals surface area contributed by atoms with Crippen molar-refractivity contribution in [1.82, 2.24) is 10.6 Å². The Bertz CT molecular complexity index is 464. The molecule has 1 saturated heterocycles. The Morgan fingerprint density at radius 2 is 2.32 bits per heavy atom. The fourth-order valence-electron chi connectivity index (χ4n) is 1.79. The predicted molar refractivity (Wildman–Crippen MR) is 67.3 cm³/mol. The molecule has 0 spiro atoms. The number of amides is 1. The Morgan fingerprint density at radius 1 is 1.58 bits per heavy atom. The van der Waals surface area contributed by atoms with Gasteiger partial charge in [0.05, 0.1) is 12.2 Å². The van der Waals surface area contributed by atoms with Crippen molar-refractivity contribution < 1.29 is 19.2 Å². The van der Waals surface area contributed by atoms with Crippen molar-refractivity contribution in [1.29, 1.82) is 0 Å². The van der Waals surface area contributed by atoms with Crippen LogP contribution in [0.2, 0.25) is 0 Å². The third-order valence-corrected chi connectivity index (χ3v) is 2.82. The van der Waals surface area contributed by atoms with E-state index in [4.69, 9.17) is 4.42 Å². The van der Waals surface area contributed by atoms with E-state index < -0.39 is 22.8 Å². The molecule has 19 heavy (non-hydrogen) atoms. The minimum atomic E-state index is -0.707. The number of nitro groups is 1. The quantitative estimate of drug-likeness (QED) is 0.527. The molecule has 3 N–H and O–H groups in total. The first kappa shape index (κ1) is 15.4. The van der Waals surface area contributed by atoms with Crippen LogP contribution < -0.4 is 10.6 Å². The number of β-amino-alcohol motifs (C(OH)–C–C–N with tert-alkyl or cyclic N) is 1. The van der Waals surface area contributed by atoms with Gasteiger partial charge in [-0.3, -0.25) is 14.9 Å². The number of furan rings is 1. The Morgan fingerprint density at radius 3 is 2.84 bits per heavy atom. The van der Waals surface area contributed by atoms with E-state index in [2.05, 4.69) is 10.6 Å². The average Bonchev–Trinajstić information content (AvgIpc) is 2.94. The maximum absolute atomic E-state index is 11.6. The van der Waals surface area contributed by atoms with Crippen LogP contribution in [0.1, 0.15) is 10.6 Å². The first-order valence-electron chi connectivity index (χ1n) is 5.49. The SMILES string of the molecule is Cl.O=C(NCC1CNCC1O)c1ccc([N+](=O)[O-])o1. The molecule has 0 saturated carbocycles. The number of aliphatic hydroxyl groups is 1. The summed E-state index contributed by atoms with van der Waals surface area (Å²) in [7, 11) is 0. The maximum atomic E-state index is 11.6. The average molecular weight is 292 g/mol. The highest BCUT2D eigenvalue weighted by Crippen LogP contribution is 2.15. The summed E-state index contributed by atoms with van der Waals surface area (Å²) in [5, 5.41) is 25.5. The van der Waals surface area contributed by atoms with Crippen LogP contribution in [-0.4, -0.2) is 41.7 Å². The fraction of sp³-hybridized carbons (Fsp3) is 0.500. The first-order valence-corrected chi connectivity index (χ1v) is 5.49. The zero-order valence-corrected chi connectivity index (χ0v) is 10.7. The van der Waals surface area contributed by atoms with Gasteiger partial charge in [0.1, 0.15) is 4.92 Å². The predicted octanol–water partition coefficient (Wildman–Crippen LogP) is -0.0803. The minimum absolute atomic E-state index is 0. The number of hydrogen-bond donors (Lipinski definition) is 3. The molecule has 2 atom stereocenters. The van der Waals surface area contributed by atoms with Crippen molar-refractivity contribution in [3.63, 3.8) is 0 Å². The molecule has 8 nitrogen and oxygen atoms in total. The Balaban J connectivity index is 0.00000180. The lowest BCUT2D eigenvalue weighted by molar-refractivity contribution is -0.402. The van der Waals surface area contributed by atoms with Gasteiger partial charge in [-0.05, 0) is 6.07 Å². The van der Waals surface area contributed by atoms with Gasteiger partial charge in [0.2, 0.25) is 0 Å². The molecule has 0 aromatic carbocycles. The second kappa shape index (κ2) is 6.50. The summed E-state index contributed by atoms with van der Waals surface area (Å²) in [6.07, 6.45) is -0.490. The summed E-state index contributed by atoms with van der Waals surface area (Å²) >= 11 is 0. The molecule has 1 fully saturated rings. The molecule has 2 unspecified atom stereocenters. The number of nitrogens with one attached hydrogen (secondary N) is 2. The van der Waals surface area contributed by atoms with Crippen molar-refractivity contribution in [2.75, 3.05) is 19.6 Å². The molecule has 2 rings (SSSR count). The van der Waals surface area contributed by atoms with Crippen LogP contribution >= 0.6 is 12.4 Å². The van der Waals surface area contributed by atoms with Crippen molar-refractivity contribution in [2.24, 2.45) is 5.92 Å². The zero-order valence-electron chi connectivity index (χ0n) is 9.87.